The topological polar surface area (TPSA) is 78.9 Å². The Morgan fingerprint density at radius 3 is 0.926 bits per heavy atom. The van der Waals surface area contributed by atoms with E-state index in [4.69, 9.17) is 14.2 Å². The number of carbonyl (C=O) groups excluding carboxylic acids is 3. The Labute approximate surface area is 418 Å². The first-order valence-electron chi connectivity index (χ1n) is 27.5. The van der Waals surface area contributed by atoms with E-state index < -0.39 is 6.10 Å². The molecule has 0 rings (SSSR count). The fraction of sp³-hybridized carbons (Fsp3) is 0.629. The van der Waals surface area contributed by atoms with E-state index in [-0.39, 0.29) is 31.1 Å². The van der Waals surface area contributed by atoms with Gasteiger partial charge >= 0.3 is 17.9 Å². The second-order valence-electron chi connectivity index (χ2n) is 17.7. The highest BCUT2D eigenvalue weighted by atomic mass is 16.6. The van der Waals surface area contributed by atoms with Gasteiger partial charge in [-0.1, -0.05) is 213 Å². The molecule has 0 radical (unpaired) electrons. The van der Waals surface area contributed by atoms with Crippen molar-refractivity contribution in [3.8, 4) is 0 Å². The van der Waals surface area contributed by atoms with Crippen molar-refractivity contribution < 1.29 is 28.6 Å². The average molecular weight is 941 g/mol. The highest BCUT2D eigenvalue weighted by Crippen LogP contribution is 2.13. The second-order valence-corrected chi connectivity index (χ2v) is 17.7. The standard InChI is InChI=1S/C62H100O6/c1-4-7-10-13-16-19-22-24-25-26-27-28-29-30-31-32-33-34-35-36-37-39-40-43-46-49-52-55-61(64)67-58-59(57-66-60(63)54-51-48-45-42-21-18-15-12-9-6-3)68-62(65)56-53-50-47-44-41-38-23-20-17-14-11-8-5-2/h7,10-12,14-16,19-20,23-25,27-28,30-31,33-34,36-37,59H,4-6,8-9,13,17-18,21-22,26,29,32,35,38-58H2,1-3H3/b10-7-,14-11-,15-12-,19-16-,23-20-,25-24-,28-27-,31-30-,34-33-,37-36-. The molecule has 0 aliphatic rings. The van der Waals surface area contributed by atoms with Gasteiger partial charge in [0, 0.05) is 19.3 Å². The lowest BCUT2D eigenvalue weighted by molar-refractivity contribution is -0.167. The highest BCUT2D eigenvalue weighted by Gasteiger charge is 2.19. The average Bonchev–Trinajstić information content (AvgIpc) is 3.34. The monoisotopic (exact) mass is 941 g/mol. The van der Waals surface area contributed by atoms with E-state index in [1.54, 1.807) is 0 Å². The molecule has 0 aromatic rings. The number of hydrogen-bond donors (Lipinski definition) is 0. The molecule has 0 N–H and O–H groups in total. The Morgan fingerprint density at radius 2 is 0.574 bits per heavy atom. The first kappa shape index (κ1) is 63.8. The van der Waals surface area contributed by atoms with Crippen molar-refractivity contribution in [3.63, 3.8) is 0 Å². The molecule has 1 atom stereocenters. The zero-order valence-electron chi connectivity index (χ0n) is 43.8. The van der Waals surface area contributed by atoms with Gasteiger partial charge in [0.05, 0.1) is 0 Å². The molecular weight excluding hydrogens is 841 g/mol. The van der Waals surface area contributed by atoms with E-state index in [9.17, 15) is 14.4 Å². The number of ether oxygens (including phenoxy) is 3. The number of rotatable bonds is 48. The minimum Gasteiger partial charge on any atom is -0.462 e. The van der Waals surface area contributed by atoms with Crippen LogP contribution in [0.5, 0.6) is 0 Å². The SMILES string of the molecule is CC/C=C\C/C=C\C/C=C\C/C=C\C/C=C\C/C=C\C/C=C\CCCCCCCC(=O)OCC(COC(=O)CCCCCCC/C=C\CCC)OC(=O)CCCCCCC/C=C\C/C=C\CCC. The maximum Gasteiger partial charge on any atom is 0.306 e. The maximum atomic E-state index is 12.8. The summed E-state index contributed by atoms with van der Waals surface area (Å²) >= 11 is 0. The fourth-order valence-corrected chi connectivity index (χ4v) is 7.05. The van der Waals surface area contributed by atoms with Gasteiger partial charge in [0.15, 0.2) is 6.10 Å². The van der Waals surface area contributed by atoms with E-state index >= 15 is 0 Å². The molecule has 0 saturated heterocycles. The Bertz CT molecular complexity index is 1450. The van der Waals surface area contributed by atoms with Crippen LogP contribution in [-0.2, 0) is 28.6 Å². The van der Waals surface area contributed by atoms with Crippen molar-refractivity contribution in [2.24, 2.45) is 0 Å². The smallest absolute Gasteiger partial charge is 0.306 e. The minimum atomic E-state index is -0.799. The summed E-state index contributed by atoms with van der Waals surface area (Å²) in [6, 6.07) is 0. The van der Waals surface area contributed by atoms with Crippen LogP contribution in [0.25, 0.3) is 0 Å². The van der Waals surface area contributed by atoms with E-state index in [1.807, 2.05) is 0 Å². The lowest BCUT2D eigenvalue weighted by Crippen LogP contribution is -2.30. The Hall–Kier alpha value is -4.19. The summed E-state index contributed by atoms with van der Waals surface area (Å²) in [5.74, 6) is -0.948. The molecule has 0 aliphatic heterocycles. The molecular formula is C62H100O6. The van der Waals surface area contributed by atoms with Crippen LogP contribution in [0.2, 0.25) is 0 Å². The van der Waals surface area contributed by atoms with Crippen molar-refractivity contribution in [2.75, 3.05) is 13.2 Å². The van der Waals surface area contributed by atoms with Crippen molar-refractivity contribution >= 4 is 17.9 Å². The number of esters is 3. The predicted octanol–water partition coefficient (Wildman–Crippen LogP) is 18.5. The van der Waals surface area contributed by atoms with Crippen LogP contribution in [-0.4, -0.2) is 37.2 Å². The zero-order valence-corrected chi connectivity index (χ0v) is 43.8. The van der Waals surface area contributed by atoms with E-state index in [0.29, 0.717) is 19.3 Å². The van der Waals surface area contributed by atoms with Gasteiger partial charge in [-0.3, -0.25) is 14.4 Å². The van der Waals surface area contributed by atoms with Crippen LogP contribution in [0.3, 0.4) is 0 Å². The molecule has 0 saturated carbocycles. The molecule has 384 valence electrons. The van der Waals surface area contributed by atoms with E-state index in [1.165, 1.54) is 19.3 Å². The van der Waals surface area contributed by atoms with Gasteiger partial charge in [-0.05, 0) is 122 Å². The normalized spacial score (nSPS) is 13.0. The van der Waals surface area contributed by atoms with Crippen molar-refractivity contribution in [1.29, 1.82) is 0 Å². The number of unbranched alkanes of at least 4 members (excludes halogenated alkanes) is 17. The van der Waals surface area contributed by atoms with Crippen LogP contribution in [0.1, 0.15) is 233 Å². The van der Waals surface area contributed by atoms with E-state index in [2.05, 4.69) is 142 Å². The zero-order chi connectivity index (χ0) is 49.3. The van der Waals surface area contributed by atoms with Crippen LogP contribution in [0.4, 0.5) is 0 Å². The number of allylic oxidation sites excluding steroid dienone is 20. The van der Waals surface area contributed by atoms with Gasteiger partial charge in [0.25, 0.3) is 0 Å². The van der Waals surface area contributed by atoms with Crippen LogP contribution < -0.4 is 0 Å². The number of carbonyl (C=O) groups is 3. The van der Waals surface area contributed by atoms with Crippen molar-refractivity contribution in [2.45, 2.75) is 239 Å². The predicted molar refractivity (Wildman–Crippen MR) is 293 cm³/mol. The van der Waals surface area contributed by atoms with Gasteiger partial charge in [-0.25, -0.2) is 0 Å². The summed E-state index contributed by atoms with van der Waals surface area (Å²) in [4.78, 5) is 38.0. The first-order chi connectivity index (χ1) is 33.5. The molecule has 0 aliphatic carbocycles. The molecule has 0 aromatic carbocycles. The lowest BCUT2D eigenvalue weighted by atomic mass is 10.1. The van der Waals surface area contributed by atoms with Gasteiger partial charge in [-0.15, -0.1) is 0 Å². The molecule has 0 aromatic heterocycles. The molecule has 0 spiro atoms. The van der Waals surface area contributed by atoms with E-state index in [0.717, 1.165) is 173 Å². The van der Waals surface area contributed by atoms with Crippen LogP contribution in [0, 0.1) is 0 Å². The third-order valence-corrected chi connectivity index (χ3v) is 11.1. The molecule has 0 amide bonds. The number of hydrogen-bond acceptors (Lipinski definition) is 6. The first-order valence-corrected chi connectivity index (χ1v) is 27.5. The molecule has 6 nitrogen and oxygen atoms in total. The largest absolute Gasteiger partial charge is 0.462 e. The van der Waals surface area contributed by atoms with Gasteiger partial charge in [-0.2, -0.15) is 0 Å². The molecule has 0 fully saturated rings. The second kappa shape index (κ2) is 55.4. The van der Waals surface area contributed by atoms with Crippen LogP contribution >= 0.6 is 0 Å². The summed E-state index contributed by atoms with van der Waals surface area (Å²) in [7, 11) is 0. The molecule has 0 heterocycles. The summed E-state index contributed by atoms with van der Waals surface area (Å²) in [5, 5.41) is 0. The Kier molecular flexibility index (Phi) is 52.0. The third kappa shape index (κ3) is 52.8. The summed E-state index contributed by atoms with van der Waals surface area (Å²) in [6.45, 7) is 6.35. The Morgan fingerprint density at radius 1 is 0.309 bits per heavy atom. The van der Waals surface area contributed by atoms with Crippen molar-refractivity contribution in [3.05, 3.63) is 122 Å². The van der Waals surface area contributed by atoms with Gasteiger partial charge in [0.1, 0.15) is 13.2 Å². The molecule has 1 unspecified atom stereocenters. The summed E-state index contributed by atoms with van der Waals surface area (Å²) in [6.07, 6.45) is 76.2. The maximum absolute atomic E-state index is 12.8. The fourth-order valence-electron chi connectivity index (χ4n) is 7.05. The summed E-state index contributed by atoms with van der Waals surface area (Å²) in [5.41, 5.74) is 0. The summed E-state index contributed by atoms with van der Waals surface area (Å²) < 4.78 is 16.8. The third-order valence-electron chi connectivity index (χ3n) is 11.1. The Balaban J connectivity index is 4.33. The van der Waals surface area contributed by atoms with Gasteiger partial charge < -0.3 is 14.2 Å². The van der Waals surface area contributed by atoms with Crippen molar-refractivity contribution in [1.82, 2.24) is 0 Å². The minimum absolute atomic E-state index is 0.0975. The lowest BCUT2D eigenvalue weighted by Gasteiger charge is -2.18. The van der Waals surface area contributed by atoms with Gasteiger partial charge in [0.2, 0.25) is 0 Å². The quantitative estimate of drug-likeness (QED) is 0.0262. The molecule has 68 heavy (non-hydrogen) atoms. The molecule has 6 heteroatoms. The molecule has 0 bridgehead atoms. The van der Waals surface area contributed by atoms with Crippen LogP contribution in [0.15, 0.2) is 122 Å². The highest BCUT2D eigenvalue weighted by molar-refractivity contribution is 5.71.